The smallest absolute Gasteiger partial charge is 0.213 e. The topological polar surface area (TPSA) is 67.6 Å². The quantitative estimate of drug-likeness (QED) is 0.271. The van der Waals surface area contributed by atoms with Crippen LogP contribution in [0.5, 0.6) is 0 Å². The predicted molar refractivity (Wildman–Crippen MR) is 50.4 cm³/mol. The molecule has 0 saturated heterocycles. The number of guanidine groups is 1. The average molecular weight is 170 g/mol. The number of hydrazone groups is 1. The standard InChI is InChI=1S/C8H18N4/c1-12(8(9)11-10)6-7-4-2-3-5-7/h7H,2-6,10H2,1H3,(H2,9,11). The molecule has 1 rings (SSSR count). The van der Waals surface area contributed by atoms with Gasteiger partial charge < -0.3 is 16.5 Å². The largest absolute Gasteiger partial charge is 0.368 e. The molecule has 0 aromatic rings. The summed E-state index contributed by atoms with van der Waals surface area (Å²) in [6.07, 6.45) is 5.36. The van der Waals surface area contributed by atoms with Gasteiger partial charge in [-0.15, -0.1) is 5.10 Å². The number of nitrogens with two attached hydrogens (primary N) is 2. The first kappa shape index (κ1) is 9.16. The maximum atomic E-state index is 5.55. The third kappa shape index (κ3) is 2.29. The molecule has 4 N–H and O–H groups in total. The lowest BCUT2D eigenvalue weighted by molar-refractivity contribution is 0.385. The van der Waals surface area contributed by atoms with Crippen molar-refractivity contribution in [3.8, 4) is 0 Å². The second kappa shape index (κ2) is 4.18. The van der Waals surface area contributed by atoms with Crippen LogP contribution >= 0.6 is 0 Å². The van der Waals surface area contributed by atoms with Crippen molar-refractivity contribution in [2.75, 3.05) is 13.6 Å². The molecule has 0 amide bonds. The van der Waals surface area contributed by atoms with E-state index in [9.17, 15) is 0 Å². The van der Waals surface area contributed by atoms with E-state index in [2.05, 4.69) is 5.10 Å². The van der Waals surface area contributed by atoms with E-state index in [1.807, 2.05) is 11.9 Å². The van der Waals surface area contributed by atoms with Crippen LogP contribution in [0.1, 0.15) is 25.7 Å². The van der Waals surface area contributed by atoms with Crippen molar-refractivity contribution in [3.05, 3.63) is 0 Å². The molecule has 1 fully saturated rings. The fourth-order valence-electron chi connectivity index (χ4n) is 1.77. The molecule has 0 radical (unpaired) electrons. The van der Waals surface area contributed by atoms with E-state index in [0.717, 1.165) is 12.5 Å². The summed E-state index contributed by atoms with van der Waals surface area (Å²) >= 11 is 0. The lowest BCUT2D eigenvalue weighted by Gasteiger charge is -2.20. The first-order chi connectivity index (χ1) is 5.74. The Balaban J connectivity index is 2.29. The predicted octanol–water partition coefficient (Wildman–Crippen LogP) is 0.297. The maximum Gasteiger partial charge on any atom is 0.213 e. The highest BCUT2D eigenvalue weighted by Gasteiger charge is 2.17. The summed E-state index contributed by atoms with van der Waals surface area (Å²) in [7, 11) is 1.93. The molecule has 0 aromatic heterocycles. The van der Waals surface area contributed by atoms with Crippen molar-refractivity contribution < 1.29 is 0 Å². The van der Waals surface area contributed by atoms with Crippen LogP contribution in [-0.4, -0.2) is 24.5 Å². The van der Waals surface area contributed by atoms with Gasteiger partial charge in [-0.25, -0.2) is 0 Å². The molecular formula is C8H18N4. The monoisotopic (exact) mass is 170 g/mol. The first-order valence-corrected chi connectivity index (χ1v) is 4.48. The summed E-state index contributed by atoms with van der Waals surface area (Å²) < 4.78 is 0. The molecule has 0 aromatic carbocycles. The Morgan fingerprint density at radius 1 is 1.50 bits per heavy atom. The fraction of sp³-hybridized carbons (Fsp3) is 0.875. The zero-order valence-electron chi connectivity index (χ0n) is 7.66. The molecule has 1 saturated carbocycles. The Hall–Kier alpha value is -0.930. The SMILES string of the molecule is CN(CC1CCCC1)C(N)=NN. The van der Waals surface area contributed by atoms with Crippen molar-refractivity contribution >= 4 is 5.96 Å². The molecule has 0 heterocycles. The van der Waals surface area contributed by atoms with Crippen molar-refractivity contribution in [2.24, 2.45) is 22.6 Å². The first-order valence-electron chi connectivity index (χ1n) is 4.48. The van der Waals surface area contributed by atoms with Gasteiger partial charge in [-0.05, 0) is 18.8 Å². The van der Waals surface area contributed by atoms with E-state index >= 15 is 0 Å². The van der Waals surface area contributed by atoms with E-state index < -0.39 is 0 Å². The fourth-order valence-corrected chi connectivity index (χ4v) is 1.77. The minimum absolute atomic E-state index is 0.432. The molecule has 0 aliphatic heterocycles. The van der Waals surface area contributed by atoms with Crippen LogP contribution < -0.4 is 11.6 Å². The third-order valence-electron chi connectivity index (χ3n) is 2.53. The van der Waals surface area contributed by atoms with Crippen molar-refractivity contribution in [3.63, 3.8) is 0 Å². The minimum atomic E-state index is 0.432. The van der Waals surface area contributed by atoms with Gasteiger partial charge in [0.25, 0.3) is 0 Å². The third-order valence-corrected chi connectivity index (χ3v) is 2.53. The molecule has 0 spiro atoms. The van der Waals surface area contributed by atoms with E-state index in [1.165, 1.54) is 25.7 Å². The van der Waals surface area contributed by atoms with E-state index in [4.69, 9.17) is 11.6 Å². The molecular weight excluding hydrogens is 152 g/mol. The maximum absolute atomic E-state index is 5.55. The zero-order valence-corrected chi connectivity index (χ0v) is 7.66. The zero-order chi connectivity index (χ0) is 8.97. The molecule has 0 bridgehead atoms. The van der Waals surface area contributed by atoms with E-state index in [1.54, 1.807) is 0 Å². The number of hydrogen-bond acceptors (Lipinski definition) is 2. The molecule has 0 atom stereocenters. The molecule has 1 aliphatic rings. The van der Waals surface area contributed by atoms with Gasteiger partial charge in [0.1, 0.15) is 0 Å². The van der Waals surface area contributed by atoms with Crippen molar-refractivity contribution in [1.82, 2.24) is 4.90 Å². The highest BCUT2D eigenvalue weighted by Crippen LogP contribution is 2.24. The molecule has 12 heavy (non-hydrogen) atoms. The normalized spacial score (nSPS) is 19.9. The number of hydrogen-bond donors (Lipinski definition) is 2. The van der Waals surface area contributed by atoms with Crippen LogP contribution in [0.2, 0.25) is 0 Å². The van der Waals surface area contributed by atoms with Gasteiger partial charge in [0.05, 0.1) is 0 Å². The summed E-state index contributed by atoms with van der Waals surface area (Å²) in [5, 5.41) is 3.45. The van der Waals surface area contributed by atoms with Gasteiger partial charge in [0.2, 0.25) is 5.96 Å². The Bertz CT molecular complexity index is 160. The van der Waals surface area contributed by atoms with E-state index in [-0.39, 0.29) is 0 Å². The van der Waals surface area contributed by atoms with Crippen LogP contribution in [0.15, 0.2) is 5.10 Å². The van der Waals surface area contributed by atoms with Crippen molar-refractivity contribution in [2.45, 2.75) is 25.7 Å². The molecule has 0 unspecified atom stereocenters. The van der Waals surface area contributed by atoms with Gasteiger partial charge in [-0.2, -0.15) is 0 Å². The van der Waals surface area contributed by atoms with E-state index in [0.29, 0.717) is 5.96 Å². The molecule has 1 aliphatic carbocycles. The lowest BCUT2D eigenvalue weighted by atomic mass is 10.1. The highest BCUT2D eigenvalue weighted by molar-refractivity contribution is 5.77. The Morgan fingerprint density at radius 2 is 2.08 bits per heavy atom. The second-order valence-electron chi connectivity index (χ2n) is 3.52. The van der Waals surface area contributed by atoms with Crippen LogP contribution in [0.3, 0.4) is 0 Å². The van der Waals surface area contributed by atoms with Gasteiger partial charge >= 0.3 is 0 Å². The summed E-state index contributed by atoms with van der Waals surface area (Å²) in [6, 6.07) is 0. The Kier molecular flexibility index (Phi) is 3.19. The summed E-state index contributed by atoms with van der Waals surface area (Å²) in [5.74, 6) is 6.29. The van der Waals surface area contributed by atoms with Gasteiger partial charge in [0, 0.05) is 13.6 Å². The highest BCUT2D eigenvalue weighted by atomic mass is 15.3. The molecule has 70 valence electrons. The van der Waals surface area contributed by atoms with Gasteiger partial charge in [0.15, 0.2) is 0 Å². The van der Waals surface area contributed by atoms with Crippen LogP contribution in [0.4, 0.5) is 0 Å². The van der Waals surface area contributed by atoms with Crippen LogP contribution in [0, 0.1) is 5.92 Å². The Morgan fingerprint density at radius 3 is 2.58 bits per heavy atom. The molecule has 4 nitrogen and oxygen atoms in total. The minimum Gasteiger partial charge on any atom is -0.368 e. The Labute approximate surface area is 73.6 Å². The summed E-state index contributed by atoms with van der Waals surface area (Å²) in [6.45, 7) is 0.993. The average Bonchev–Trinajstić information content (AvgIpc) is 2.55. The lowest BCUT2D eigenvalue weighted by Crippen LogP contribution is -2.37. The summed E-state index contributed by atoms with van der Waals surface area (Å²) in [4.78, 5) is 1.93. The second-order valence-corrected chi connectivity index (χ2v) is 3.52. The number of rotatable bonds is 2. The van der Waals surface area contributed by atoms with Gasteiger partial charge in [-0.3, -0.25) is 0 Å². The van der Waals surface area contributed by atoms with Crippen molar-refractivity contribution in [1.29, 1.82) is 0 Å². The van der Waals surface area contributed by atoms with Crippen LogP contribution in [0.25, 0.3) is 0 Å². The number of nitrogens with zero attached hydrogens (tertiary/aromatic N) is 2. The summed E-state index contributed by atoms with van der Waals surface area (Å²) in [5.41, 5.74) is 5.55. The molecule has 4 heteroatoms. The van der Waals surface area contributed by atoms with Crippen LogP contribution in [-0.2, 0) is 0 Å². The van der Waals surface area contributed by atoms with Gasteiger partial charge in [-0.1, -0.05) is 12.8 Å².